The highest BCUT2D eigenvalue weighted by Crippen LogP contribution is 2.38. The van der Waals surface area contributed by atoms with Crippen molar-refractivity contribution in [2.45, 2.75) is 0 Å². The molecule has 0 radical (unpaired) electrons. The van der Waals surface area contributed by atoms with Crippen molar-refractivity contribution in [3.05, 3.63) is 157 Å². The number of para-hydroxylation sites is 2. The Balaban J connectivity index is 1.15. The van der Waals surface area contributed by atoms with E-state index < -0.39 is 0 Å². The molecule has 5 heteroatoms. The van der Waals surface area contributed by atoms with Crippen molar-refractivity contribution in [3.8, 4) is 34.6 Å². The van der Waals surface area contributed by atoms with E-state index in [1.54, 1.807) is 0 Å². The highest BCUT2D eigenvalue weighted by atomic mass is 16.3. The molecule has 10 aromatic rings. The molecule has 226 valence electrons. The number of aromatic nitrogens is 2. The van der Waals surface area contributed by atoms with E-state index in [0.717, 1.165) is 66.2 Å². The van der Waals surface area contributed by atoms with Gasteiger partial charge in [-0.3, -0.25) is 0 Å². The monoisotopic (exact) mass is 624 g/mol. The summed E-state index contributed by atoms with van der Waals surface area (Å²) in [5.74, 6) is 0. The van der Waals surface area contributed by atoms with Gasteiger partial charge in [-0.1, -0.05) is 66.7 Å². The Labute approximate surface area is 280 Å². The van der Waals surface area contributed by atoms with Crippen LogP contribution in [0.25, 0.3) is 88.1 Å². The molecular weight excluding hydrogens is 601 g/mol. The summed E-state index contributed by atoms with van der Waals surface area (Å²) in [6.07, 6.45) is 0. The number of fused-ring (bicyclic) bond motifs is 9. The van der Waals surface area contributed by atoms with Crippen LogP contribution in [-0.4, -0.2) is 9.13 Å². The molecule has 0 saturated carbocycles. The molecule has 0 spiro atoms. The van der Waals surface area contributed by atoms with Crippen molar-refractivity contribution in [1.29, 1.82) is 10.5 Å². The van der Waals surface area contributed by atoms with E-state index in [9.17, 15) is 10.5 Å². The maximum absolute atomic E-state index is 9.71. The van der Waals surface area contributed by atoms with Crippen LogP contribution < -0.4 is 0 Å². The Morgan fingerprint density at radius 2 is 0.918 bits per heavy atom. The van der Waals surface area contributed by atoms with Gasteiger partial charge >= 0.3 is 0 Å². The first-order chi connectivity index (χ1) is 24.2. The number of nitrogens with zero attached hydrogens (tertiary/aromatic N) is 4. The quantitative estimate of drug-likeness (QED) is 0.196. The molecule has 0 atom stereocenters. The van der Waals surface area contributed by atoms with Gasteiger partial charge in [-0.2, -0.15) is 10.5 Å². The van der Waals surface area contributed by atoms with Gasteiger partial charge in [0.2, 0.25) is 0 Å². The largest absolute Gasteiger partial charge is 0.456 e. The second kappa shape index (κ2) is 10.2. The van der Waals surface area contributed by atoms with E-state index in [2.05, 4.69) is 130 Å². The fourth-order valence-corrected chi connectivity index (χ4v) is 7.55. The number of rotatable bonds is 3. The van der Waals surface area contributed by atoms with Crippen LogP contribution in [0, 0.1) is 22.7 Å². The second-order valence-electron chi connectivity index (χ2n) is 12.4. The Morgan fingerprint density at radius 3 is 1.57 bits per heavy atom. The van der Waals surface area contributed by atoms with Crippen molar-refractivity contribution in [3.63, 3.8) is 0 Å². The van der Waals surface area contributed by atoms with Gasteiger partial charge < -0.3 is 13.6 Å². The molecule has 0 aliphatic carbocycles. The fourth-order valence-electron chi connectivity index (χ4n) is 7.55. The smallest absolute Gasteiger partial charge is 0.135 e. The lowest BCUT2D eigenvalue weighted by atomic mass is 10.0. The zero-order valence-corrected chi connectivity index (χ0v) is 26.1. The minimum Gasteiger partial charge on any atom is -0.456 e. The van der Waals surface area contributed by atoms with Crippen molar-refractivity contribution in [2.75, 3.05) is 0 Å². The third kappa shape index (κ3) is 3.97. The van der Waals surface area contributed by atoms with Crippen LogP contribution in [0.3, 0.4) is 0 Å². The molecule has 0 amide bonds. The highest BCUT2D eigenvalue weighted by molar-refractivity contribution is 6.12. The number of furan rings is 1. The minimum absolute atomic E-state index is 0.589. The van der Waals surface area contributed by atoms with Crippen molar-refractivity contribution < 1.29 is 4.42 Å². The van der Waals surface area contributed by atoms with Gasteiger partial charge in [-0.05, 0) is 90.0 Å². The van der Waals surface area contributed by atoms with Gasteiger partial charge in [0.1, 0.15) is 11.2 Å². The average molecular weight is 625 g/mol. The average Bonchev–Trinajstić information content (AvgIpc) is 3.81. The molecule has 49 heavy (non-hydrogen) atoms. The zero-order chi connectivity index (χ0) is 32.6. The summed E-state index contributed by atoms with van der Waals surface area (Å²) >= 11 is 0. The summed E-state index contributed by atoms with van der Waals surface area (Å²) in [5, 5.41) is 26.1. The standard InChI is InChI=1S/C44H24N4O/c45-25-27-12-16-35-36-17-13-28(26-46)21-42(36)48(41(35)20-27)31-7-5-6-29(22-31)30-14-18-43-37(23-30)38-24-32(15-19-44(38)49-43)47-39-10-3-1-8-33(39)34-9-2-4-11-40(34)47/h1-24H. The lowest BCUT2D eigenvalue weighted by Crippen LogP contribution is -1.95. The van der Waals surface area contributed by atoms with Gasteiger partial charge in [0.25, 0.3) is 0 Å². The summed E-state index contributed by atoms with van der Waals surface area (Å²) in [5.41, 5.74) is 11.2. The van der Waals surface area contributed by atoms with E-state index >= 15 is 0 Å². The summed E-state index contributed by atoms with van der Waals surface area (Å²) < 4.78 is 10.8. The first-order valence-electron chi connectivity index (χ1n) is 16.1. The summed E-state index contributed by atoms with van der Waals surface area (Å²) in [7, 11) is 0. The molecule has 0 unspecified atom stereocenters. The number of hydrogen-bond donors (Lipinski definition) is 0. The van der Waals surface area contributed by atoms with Crippen molar-refractivity contribution >= 4 is 65.6 Å². The molecule has 0 fully saturated rings. The van der Waals surface area contributed by atoms with Crippen LogP contribution in [0.4, 0.5) is 0 Å². The summed E-state index contributed by atoms with van der Waals surface area (Å²) in [6, 6.07) is 54.4. The maximum atomic E-state index is 9.71. The van der Waals surface area contributed by atoms with Crippen molar-refractivity contribution in [2.24, 2.45) is 0 Å². The van der Waals surface area contributed by atoms with E-state index in [1.807, 2.05) is 36.4 Å². The Hall–Kier alpha value is -7.08. The molecular formula is C44H24N4O. The third-order valence-corrected chi connectivity index (χ3v) is 9.75. The number of benzene rings is 7. The summed E-state index contributed by atoms with van der Waals surface area (Å²) in [4.78, 5) is 0. The lowest BCUT2D eigenvalue weighted by molar-refractivity contribution is 0.669. The van der Waals surface area contributed by atoms with Gasteiger partial charge in [-0.25, -0.2) is 0 Å². The predicted octanol–water partition coefficient (Wildman–Crippen LogP) is 11.2. The van der Waals surface area contributed by atoms with Crippen LogP contribution in [-0.2, 0) is 0 Å². The van der Waals surface area contributed by atoms with E-state index in [4.69, 9.17) is 4.42 Å². The maximum Gasteiger partial charge on any atom is 0.135 e. The molecule has 7 aromatic carbocycles. The SMILES string of the molecule is N#Cc1ccc2c3ccc(C#N)cc3n(-c3cccc(-c4ccc5oc6ccc(-n7c8ccccc8c8ccccc87)cc6c5c4)c3)c2c1. The van der Waals surface area contributed by atoms with Crippen LogP contribution >= 0.6 is 0 Å². The first-order valence-corrected chi connectivity index (χ1v) is 16.1. The first kappa shape index (κ1) is 27.1. The normalized spacial score (nSPS) is 11.6. The van der Waals surface area contributed by atoms with Gasteiger partial charge in [0.15, 0.2) is 0 Å². The van der Waals surface area contributed by atoms with Gasteiger partial charge in [-0.15, -0.1) is 0 Å². The number of hydrogen-bond acceptors (Lipinski definition) is 3. The highest BCUT2D eigenvalue weighted by Gasteiger charge is 2.17. The minimum atomic E-state index is 0.589. The Kier molecular flexibility index (Phi) is 5.64. The molecule has 0 aliphatic rings. The predicted molar refractivity (Wildman–Crippen MR) is 197 cm³/mol. The topological polar surface area (TPSA) is 70.6 Å². The fraction of sp³-hybridized carbons (Fsp3) is 0. The lowest BCUT2D eigenvalue weighted by Gasteiger charge is -2.11. The molecule has 0 N–H and O–H groups in total. The van der Waals surface area contributed by atoms with E-state index in [0.29, 0.717) is 11.1 Å². The van der Waals surface area contributed by atoms with Crippen LogP contribution in [0.15, 0.2) is 150 Å². The second-order valence-corrected chi connectivity index (χ2v) is 12.4. The Morgan fingerprint density at radius 1 is 0.388 bits per heavy atom. The van der Waals surface area contributed by atoms with Crippen LogP contribution in [0.5, 0.6) is 0 Å². The molecule has 10 rings (SSSR count). The number of nitriles is 2. The van der Waals surface area contributed by atoms with Crippen LogP contribution in [0.1, 0.15) is 11.1 Å². The van der Waals surface area contributed by atoms with Gasteiger partial charge in [0, 0.05) is 43.7 Å². The molecule has 0 saturated heterocycles. The Bertz CT molecular complexity index is 2960. The van der Waals surface area contributed by atoms with E-state index in [-0.39, 0.29) is 0 Å². The molecule has 0 bridgehead atoms. The van der Waals surface area contributed by atoms with Crippen LogP contribution in [0.2, 0.25) is 0 Å². The summed E-state index contributed by atoms with van der Waals surface area (Å²) in [6.45, 7) is 0. The van der Waals surface area contributed by atoms with Gasteiger partial charge in [0.05, 0.1) is 45.3 Å². The van der Waals surface area contributed by atoms with E-state index in [1.165, 1.54) is 21.8 Å². The molecule has 3 aromatic heterocycles. The van der Waals surface area contributed by atoms with Crippen molar-refractivity contribution in [1.82, 2.24) is 9.13 Å². The molecule has 3 heterocycles. The molecule has 0 aliphatic heterocycles. The zero-order valence-electron chi connectivity index (χ0n) is 26.1. The molecule has 5 nitrogen and oxygen atoms in total. The third-order valence-electron chi connectivity index (χ3n) is 9.75.